The number of likely N-dealkylation sites (tertiary alicyclic amines) is 1. The van der Waals surface area contributed by atoms with Gasteiger partial charge in [0.1, 0.15) is 5.41 Å². The number of hydrogen-bond donors (Lipinski definition) is 1. The number of hydrogen-bond acceptors (Lipinski definition) is 2. The SMILES string of the molecule is CC(C)CN1C(=O)CC[C@]2(C(=O)O)CCC=C12. The number of carboxylic acid groups (broad SMARTS) is 1. The van der Waals surface area contributed by atoms with Crippen molar-refractivity contribution >= 4 is 11.9 Å². The van der Waals surface area contributed by atoms with Crippen LogP contribution in [-0.2, 0) is 9.59 Å². The predicted molar refractivity (Wildman–Crippen MR) is 63.2 cm³/mol. The average molecular weight is 237 g/mol. The van der Waals surface area contributed by atoms with Crippen LogP contribution >= 0.6 is 0 Å². The number of carbonyl (C=O) groups excluding carboxylic acids is 1. The number of carbonyl (C=O) groups is 2. The summed E-state index contributed by atoms with van der Waals surface area (Å²) in [7, 11) is 0. The van der Waals surface area contributed by atoms with Crippen LogP contribution in [0.2, 0.25) is 0 Å². The molecule has 17 heavy (non-hydrogen) atoms. The van der Waals surface area contributed by atoms with Gasteiger partial charge in [0, 0.05) is 18.7 Å². The number of carboxylic acids is 1. The first-order valence-electron chi connectivity index (χ1n) is 6.22. The van der Waals surface area contributed by atoms with Crippen molar-refractivity contribution in [2.75, 3.05) is 6.54 Å². The van der Waals surface area contributed by atoms with Crippen molar-refractivity contribution in [2.45, 2.75) is 39.5 Å². The van der Waals surface area contributed by atoms with Crippen LogP contribution in [0.25, 0.3) is 0 Å². The minimum atomic E-state index is -0.789. The molecule has 0 spiro atoms. The van der Waals surface area contributed by atoms with E-state index in [2.05, 4.69) is 0 Å². The summed E-state index contributed by atoms with van der Waals surface area (Å²) in [5.74, 6) is -0.351. The number of rotatable bonds is 3. The van der Waals surface area contributed by atoms with E-state index in [0.29, 0.717) is 31.7 Å². The third-order valence-electron chi connectivity index (χ3n) is 3.71. The molecular formula is C13H19NO3. The standard InChI is InChI=1S/C13H19NO3/c1-9(2)8-14-10-4-3-6-13(10,12(16)17)7-5-11(14)15/h4,9H,3,5-8H2,1-2H3,(H,16,17)/t13-/m1/s1. The Morgan fingerprint density at radius 1 is 1.53 bits per heavy atom. The molecule has 0 aromatic carbocycles. The molecule has 1 N–H and O–H groups in total. The lowest BCUT2D eigenvalue weighted by atomic mass is 9.77. The summed E-state index contributed by atoms with van der Waals surface area (Å²) < 4.78 is 0. The molecule has 1 heterocycles. The number of aliphatic carboxylic acids is 1. The number of amides is 1. The van der Waals surface area contributed by atoms with Gasteiger partial charge in [0.25, 0.3) is 0 Å². The Morgan fingerprint density at radius 3 is 2.82 bits per heavy atom. The highest BCUT2D eigenvalue weighted by molar-refractivity contribution is 5.87. The Bertz CT molecular complexity index is 386. The second kappa shape index (κ2) is 4.17. The van der Waals surface area contributed by atoms with Gasteiger partial charge in [-0.25, -0.2) is 0 Å². The number of allylic oxidation sites excluding steroid dienone is 1. The maximum absolute atomic E-state index is 11.9. The van der Waals surface area contributed by atoms with Gasteiger partial charge in [-0.05, 0) is 25.2 Å². The number of piperidine rings is 1. The van der Waals surface area contributed by atoms with Crippen LogP contribution < -0.4 is 0 Å². The molecule has 0 radical (unpaired) electrons. The fourth-order valence-corrected chi connectivity index (χ4v) is 2.88. The minimum Gasteiger partial charge on any atom is -0.481 e. The zero-order valence-corrected chi connectivity index (χ0v) is 10.4. The molecule has 2 rings (SSSR count). The molecule has 1 amide bonds. The summed E-state index contributed by atoms with van der Waals surface area (Å²) in [4.78, 5) is 25.2. The van der Waals surface area contributed by atoms with Crippen LogP contribution in [0.4, 0.5) is 0 Å². The second-order valence-electron chi connectivity index (χ2n) is 5.41. The zero-order chi connectivity index (χ0) is 12.6. The summed E-state index contributed by atoms with van der Waals surface area (Å²) in [5, 5.41) is 9.46. The van der Waals surface area contributed by atoms with E-state index in [1.807, 2.05) is 19.9 Å². The Hall–Kier alpha value is -1.32. The van der Waals surface area contributed by atoms with Crippen molar-refractivity contribution in [2.24, 2.45) is 11.3 Å². The third-order valence-corrected chi connectivity index (χ3v) is 3.71. The summed E-state index contributed by atoms with van der Waals surface area (Å²) >= 11 is 0. The van der Waals surface area contributed by atoms with Crippen molar-refractivity contribution in [1.29, 1.82) is 0 Å². The van der Waals surface area contributed by atoms with E-state index < -0.39 is 11.4 Å². The van der Waals surface area contributed by atoms with E-state index in [1.165, 1.54) is 0 Å². The molecule has 0 aromatic heterocycles. The normalized spacial score (nSPS) is 28.3. The average Bonchev–Trinajstić information content (AvgIpc) is 2.67. The first kappa shape index (κ1) is 12.1. The maximum Gasteiger partial charge on any atom is 0.315 e. The van der Waals surface area contributed by atoms with Gasteiger partial charge < -0.3 is 10.0 Å². The summed E-state index contributed by atoms with van der Waals surface area (Å²) in [5.41, 5.74) is -0.0436. The van der Waals surface area contributed by atoms with Crippen molar-refractivity contribution < 1.29 is 14.7 Å². The quantitative estimate of drug-likeness (QED) is 0.817. The van der Waals surface area contributed by atoms with Crippen molar-refractivity contribution in [3.8, 4) is 0 Å². The van der Waals surface area contributed by atoms with Gasteiger partial charge in [0.05, 0.1) is 0 Å². The van der Waals surface area contributed by atoms with E-state index in [0.717, 1.165) is 12.1 Å². The summed E-state index contributed by atoms with van der Waals surface area (Å²) in [6.45, 7) is 4.71. The molecule has 1 fully saturated rings. The summed E-state index contributed by atoms with van der Waals surface area (Å²) in [6, 6.07) is 0. The molecule has 94 valence electrons. The Labute approximate surface area is 101 Å². The largest absolute Gasteiger partial charge is 0.481 e. The fraction of sp³-hybridized carbons (Fsp3) is 0.692. The van der Waals surface area contributed by atoms with Gasteiger partial charge in [-0.15, -0.1) is 0 Å². The Balaban J connectivity index is 2.33. The molecule has 2 aliphatic rings. The van der Waals surface area contributed by atoms with Crippen LogP contribution in [-0.4, -0.2) is 28.4 Å². The van der Waals surface area contributed by atoms with Gasteiger partial charge in [-0.1, -0.05) is 19.9 Å². The first-order valence-corrected chi connectivity index (χ1v) is 6.22. The molecule has 1 atom stereocenters. The van der Waals surface area contributed by atoms with Crippen molar-refractivity contribution in [3.63, 3.8) is 0 Å². The van der Waals surface area contributed by atoms with E-state index in [9.17, 15) is 14.7 Å². The molecule has 1 aliphatic carbocycles. The lowest BCUT2D eigenvalue weighted by Gasteiger charge is -2.40. The highest BCUT2D eigenvalue weighted by Gasteiger charge is 2.50. The smallest absolute Gasteiger partial charge is 0.315 e. The molecule has 0 aromatic rings. The number of nitrogens with zero attached hydrogens (tertiary/aromatic N) is 1. The van der Waals surface area contributed by atoms with Crippen LogP contribution in [0.5, 0.6) is 0 Å². The number of fused-ring (bicyclic) bond motifs is 1. The molecule has 0 bridgehead atoms. The first-order chi connectivity index (χ1) is 7.97. The van der Waals surface area contributed by atoms with Crippen molar-refractivity contribution in [1.82, 2.24) is 4.90 Å². The predicted octanol–water partition coefficient (Wildman–Crippen LogP) is 2.01. The van der Waals surface area contributed by atoms with E-state index in [-0.39, 0.29) is 5.91 Å². The van der Waals surface area contributed by atoms with E-state index in [1.54, 1.807) is 4.90 Å². The molecule has 0 saturated carbocycles. The van der Waals surface area contributed by atoms with Gasteiger partial charge in [0.2, 0.25) is 5.91 Å². The second-order valence-corrected chi connectivity index (χ2v) is 5.41. The van der Waals surface area contributed by atoms with E-state index >= 15 is 0 Å². The highest BCUT2D eigenvalue weighted by Crippen LogP contribution is 2.48. The maximum atomic E-state index is 11.9. The highest BCUT2D eigenvalue weighted by atomic mass is 16.4. The minimum absolute atomic E-state index is 0.0729. The van der Waals surface area contributed by atoms with Crippen LogP contribution in [0.15, 0.2) is 11.8 Å². The lowest BCUT2D eigenvalue weighted by Crippen LogP contribution is -2.47. The topological polar surface area (TPSA) is 57.6 Å². The van der Waals surface area contributed by atoms with Crippen LogP contribution in [0, 0.1) is 11.3 Å². The lowest BCUT2D eigenvalue weighted by molar-refractivity contribution is -0.152. The van der Waals surface area contributed by atoms with Gasteiger partial charge >= 0.3 is 5.97 Å². The Morgan fingerprint density at radius 2 is 2.24 bits per heavy atom. The fourth-order valence-electron chi connectivity index (χ4n) is 2.88. The van der Waals surface area contributed by atoms with Crippen molar-refractivity contribution in [3.05, 3.63) is 11.8 Å². The molecule has 0 unspecified atom stereocenters. The van der Waals surface area contributed by atoms with Gasteiger partial charge in [0.15, 0.2) is 0 Å². The van der Waals surface area contributed by atoms with Gasteiger partial charge in [-0.3, -0.25) is 9.59 Å². The molecular weight excluding hydrogens is 218 g/mol. The zero-order valence-electron chi connectivity index (χ0n) is 10.4. The van der Waals surface area contributed by atoms with Gasteiger partial charge in [-0.2, -0.15) is 0 Å². The molecule has 4 nitrogen and oxygen atoms in total. The third kappa shape index (κ3) is 1.85. The van der Waals surface area contributed by atoms with Crippen LogP contribution in [0.1, 0.15) is 39.5 Å². The van der Waals surface area contributed by atoms with E-state index in [4.69, 9.17) is 0 Å². The monoisotopic (exact) mass is 237 g/mol. The summed E-state index contributed by atoms with van der Waals surface area (Å²) in [6.07, 6.45) is 4.16. The molecule has 1 saturated heterocycles. The molecule has 4 heteroatoms. The molecule has 1 aliphatic heterocycles. The Kier molecular flexibility index (Phi) is 2.98. The van der Waals surface area contributed by atoms with Crippen LogP contribution in [0.3, 0.4) is 0 Å².